The van der Waals surface area contributed by atoms with Crippen LogP contribution in [0.3, 0.4) is 0 Å². The highest BCUT2D eigenvalue weighted by Crippen LogP contribution is 2.60. The lowest BCUT2D eigenvalue weighted by molar-refractivity contribution is 0.516. The summed E-state index contributed by atoms with van der Waals surface area (Å²) in [6.07, 6.45) is 7.98. The van der Waals surface area contributed by atoms with Crippen LogP contribution in [0.5, 0.6) is 0 Å². The van der Waals surface area contributed by atoms with Gasteiger partial charge >= 0.3 is 0 Å². The third-order valence-corrected chi connectivity index (χ3v) is 15.1. The molecular formula is C64H47N. The van der Waals surface area contributed by atoms with E-state index >= 15 is 0 Å². The van der Waals surface area contributed by atoms with Crippen molar-refractivity contribution in [2.45, 2.75) is 36.0 Å². The summed E-state index contributed by atoms with van der Waals surface area (Å²) in [5.74, 6) is 0.351. The number of para-hydroxylation sites is 1. The molecule has 0 fully saturated rings. The minimum Gasteiger partial charge on any atom is -0.310 e. The molecular weight excluding hydrogens is 783 g/mol. The van der Waals surface area contributed by atoms with Gasteiger partial charge in [-0.3, -0.25) is 0 Å². The lowest BCUT2D eigenvalue weighted by Crippen LogP contribution is -2.29. The van der Waals surface area contributed by atoms with Crippen molar-refractivity contribution in [3.8, 4) is 22.3 Å². The van der Waals surface area contributed by atoms with E-state index in [1.807, 2.05) is 0 Å². The van der Waals surface area contributed by atoms with Crippen molar-refractivity contribution in [2.24, 2.45) is 0 Å². The van der Waals surface area contributed by atoms with Gasteiger partial charge in [0.15, 0.2) is 0 Å². The number of rotatable bonds is 7. The number of anilines is 3. The number of hydrogen-bond acceptors (Lipinski definition) is 1. The quantitative estimate of drug-likeness (QED) is 0.155. The van der Waals surface area contributed by atoms with Gasteiger partial charge < -0.3 is 4.90 Å². The Morgan fingerprint density at radius 3 is 1.62 bits per heavy atom. The molecule has 0 saturated heterocycles. The molecule has 0 aliphatic heterocycles. The van der Waals surface area contributed by atoms with Gasteiger partial charge in [0.25, 0.3) is 0 Å². The van der Waals surface area contributed by atoms with Crippen LogP contribution in [0.1, 0.15) is 62.4 Å². The van der Waals surface area contributed by atoms with Crippen molar-refractivity contribution >= 4 is 22.6 Å². The van der Waals surface area contributed by atoms with Gasteiger partial charge in [-0.1, -0.05) is 218 Å². The van der Waals surface area contributed by atoms with Gasteiger partial charge in [-0.05, 0) is 122 Å². The summed E-state index contributed by atoms with van der Waals surface area (Å²) in [6.45, 7) is 0. The van der Waals surface area contributed by atoms with Crippen molar-refractivity contribution in [1.82, 2.24) is 0 Å². The molecule has 4 aliphatic rings. The molecule has 0 saturated carbocycles. The fourth-order valence-corrected chi connectivity index (χ4v) is 12.4. The Labute approximate surface area is 382 Å². The Morgan fingerprint density at radius 1 is 0.415 bits per heavy atom. The van der Waals surface area contributed by atoms with Crippen LogP contribution in [0.2, 0.25) is 0 Å². The van der Waals surface area contributed by atoms with Crippen molar-refractivity contribution in [1.29, 1.82) is 0 Å². The van der Waals surface area contributed by atoms with E-state index in [4.69, 9.17) is 0 Å². The van der Waals surface area contributed by atoms with Gasteiger partial charge in [0.1, 0.15) is 0 Å². The minimum absolute atomic E-state index is 0.123. The molecule has 9 aromatic carbocycles. The van der Waals surface area contributed by atoms with E-state index in [-0.39, 0.29) is 5.41 Å². The molecule has 0 bridgehead atoms. The molecule has 0 heterocycles. The number of nitrogens with zero attached hydrogens (tertiary/aromatic N) is 1. The molecule has 0 amide bonds. The number of hydrogen-bond donors (Lipinski definition) is 0. The Kier molecular flexibility index (Phi) is 8.68. The normalized spacial score (nSPS) is 16.7. The van der Waals surface area contributed by atoms with Gasteiger partial charge in [-0.25, -0.2) is 0 Å². The lowest BCUT2D eigenvalue weighted by atomic mass is 9.67. The zero-order valence-corrected chi connectivity index (χ0v) is 36.2. The minimum atomic E-state index is -0.517. The highest BCUT2D eigenvalue weighted by molar-refractivity contribution is 5.95. The van der Waals surface area contributed by atoms with E-state index in [2.05, 4.69) is 248 Å². The first-order chi connectivity index (χ1) is 32.2. The molecule has 0 N–H and O–H groups in total. The first-order valence-corrected chi connectivity index (χ1v) is 23.2. The predicted octanol–water partition coefficient (Wildman–Crippen LogP) is 15.7. The largest absolute Gasteiger partial charge is 0.310 e. The average Bonchev–Trinajstić information content (AvgIpc) is 4.01. The Morgan fingerprint density at radius 2 is 0.938 bits per heavy atom. The summed E-state index contributed by atoms with van der Waals surface area (Å²) in [5.41, 5.74) is 23.1. The van der Waals surface area contributed by atoms with Crippen LogP contribution in [0, 0.1) is 0 Å². The van der Waals surface area contributed by atoms with E-state index in [0.717, 1.165) is 30.6 Å². The van der Waals surface area contributed by atoms with Gasteiger partial charge in [0, 0.05) is 28.3 Å². The maximum absolute atomic E-state index is 2.58. The zero-order chi connectivity index (χ0) is 43.0. The summed E-state index contributed by atoms with van der Waals surface area (Å²) < 4.78 is 0. The second-order valence-corrected chi connectivity index (χ2v) is 18.4. The summed E-state index contributed by atoms with van der Waals surface area (Å²) in [4.78, 5) is 2.56. The monoisotopic (exact) mass is 829 g/mol. The van der Waals surface area contributed by atoms with Crippen molar-refractivity contribution in [2.75, 3.05) is 4.90 Å². The molecule has 1 unspecified atom stereocenters. The number of benzene rings is 9. The molecule has 1 nitrogen and oxygen atoms in total. The van der Waals surface area contributed by atoms with Crippen LogP contribution in [0.4, 0.5) is 17.1 Å². The van der Waals surface area contributed by atoms with Gasteiger partial charge in [-0.15, -0.1) is 0 Å². The first-order valence-electron chi connectivity index (χ1n) is 23.2. The third kappa shape index (κ3) is 5.71. The fraction of sp³-hybridized carbons (Fsp3) is 0.0938. The lowest BCUT2D eigenvalue weighted by Gasteiger charge is -2.35. The standard InChI is InChI=1S/C64H47N/c1-5-19-44(20-6-1)46-33-36-55-56-37-34-51(40-60(56)63(59(55)39-46)42-47-23-13-14-24-48(47)43-63)65(62-32-18-16-29-53(62)45-21-7-2-8-22-45)52-35-38-57-54-30-15-17-31-58(54)64(61(57)41-52,49-25-9-3-10-26-49)50-27-11-4-12-28-50/h1-38,40-41,46H,39,42-43H2. The van der Waals surface area contributed by atoms with Crippen LogP contribution in [0.25, 0.3) is 27.8 Å². The van der Waals surface area contributed by atoms with E-state index < -0.39 is 5.41 Å². The van der Waals surface area contributed by atoms with Gasteiger partial charge in [0.2, 0.25) is 0 Å². The Balaban J connectivity index is 1.04. The van der Waals surface area contributed by atoms with E-state index in [9.17, 15) is 0 Å². The molecule has 9 aromatic rings. The molecule has 308 valence electrons. The average molecular weight is 830 g/mol. The fourth-order valence-electron chi connectivity index (χ4n) is 12.4. The van der Waals surface area contributed by atoms with Crippen LogP contribution < -0.4 is 4.90 Å². The second kappa shape index (κ2) is 14.9. The molecule has 0 radical (unpaired) electrons. The molecule has 1 spiro atoms. The summed E-state index contributed by atoms with van der Waals surface area (Å²) in [7, 11) is 0. The van der Waals surface area contributed by atoms with E-state index in [0.29, 0.717) is 5.92 Å². The van der Waals surface area contributed by atoms with Crippen molar-refractivity contribution in [3.63, 3.8) is 0 Å². The highest BCUT2D eigenvalue weighted by atomic mass is 15.1. The van der Waals surface area contributed by atoms with Crippen molar-refractivity contribution < 1.29 is 0 Å². The number of fused-ring (bicyclic) bond motifs is 8. The molecule has 1 heteroatoms. The third-order valence-electron chi connectivity index (χ3n) is 15.1. The van der Waals surface area contributed by atoms with Crippen LogP contribution in [-0.4, -0.2) is 0 Å². The van der Waals surface area contributed by atoms with E-state index in [1.54, 1.807) is 5.57 Å². The highest BCUT2D eigenvalue weighted by Gasteiger charge is 2.50. The Hall–Kier alpha value is -7.74. The Bertz CT molecular complexity index is 3280. The SMILES string of the molecule is C1=CC(c2ccccc2)CC2=C1c1ccc(N(c3ccc4c(c3)C(c3ccccc3)(c3ccccc3)c3ccccc3-4)c3ccccc3-c3ccccc3)cc1C21Cc2ccccc2C1. The molecule has 13 rings (SSSR count). The summed E-state index contributed by atoms with van der Waals surface area (Å²) in [5, 5.41) is 0. The molecule has 4 aliphatic carbocycles. The molecule has 1 atom stereocenters. The number of allylic oxidation sites excluding steroid dienone is 4. The predicted molar refractivity (Wildman–Crippen MR) is 269 cm³/mol. The van der Waals surface area contributed by atoms with Gasteiger partial charge in [-0.2, -0.15) is 0 Å². The maximum Gasteiger partial charge on any atom is 0.0714 e. The molecule has 0 aromatic heterocycles. The summed E-state index contributed by atoms with van der Waals surface area (Å²) in [6, 6.07) is 86.3. The van der Waals surface area contributed by atoms with Crippen LogP contribution >= 0.6 is 0 Å². The zero-order valence-electron chi connectivity index (χ0n) is 36.2. The van der Waals surface area contributed by atoms with Crippen molar-refractivity contribution in [3.05, 3.63) is 298 Å². The van der Waals surface area contributed by atoms with E-state index in [1.165, 1.54) is 83.6 Å². The summed E-state index contributed by atoms with van der Waals surface area (Å²) >= 11 is 0. The maximum atomic E-state index is 2.58. The smallest absolute Gasteiger partial charge is 0.0714 e. The van der Waals surface area contributed by atoms with Crippen LogP contribution in [0.15, 0.2) is 248 Å². The second-order valence-electron chi connectivity index (χ2n) is 18.4. The van der Waals surface area contributed by atoms with Gasteiger partial charge in [0.05, 0.1) is 11.1 Å². The molecule has 65 heavy (non-hydrogen) atoms. The van der Waals surface area contributed by atoms with Crippen LogP contribution in [-0.2, 0) is 23.7 Å². The topological polar surface area (TPSA) is 3.24 Å². The first kappa shape index (κ1) is 37.8.